The molecule has 1 N–H and O–H groups in total. The van der Waals surface area contributed by atoms with Crippen LogP contribution in [0.15, 0.2) is 0 Å². The van der Waals surface area contributed by atoms with Crippen molar-refractivity contribution >= 4 is 0 Å². The highest BCUT2D eigenvalue weighted by Gasteiger charge is 1.92. The highest BCUT2D eigenvalue weighted by Crippen LogP contribution is 1.96. The first kappa shape index (κ1) is 11.9. The first-order chi connectivity index (χ1) is 5.77. The number of hydrogen-bond donors (Lipinski definition) is 1. The zero-order chi connectivity index (χ0) is 9.23. The van der Waals surface area contributed by atoms with E-state index in [1.165, 1.54) is 19.3 Å². The molecular formula is C10H23NO. The Bertz CT molecular complexity index is 83.9. The zero-order valence-electron chi connectivity index (χ0n) is 8.73. The fourth-order valence-corrected chi connectivity index (χ4v) is 1.02. The highest BCUT2D eigenvalue weighted by atomic mass is 16.5. The molecular weight excluding hydrogens is 150 g/mol. The van der Waals surface area contributed by atoms with Crippen LogP contribution in [0.4, 0.5) is 0 Å². The van der Waals surface area contributed by atoms with Gasteiger partial charge < -0.3 is 10.1 Å². The smallest absolute Gasteiger partial charge is 0.0518 e. The van der Waals surface area contributed by atoms with Gasteiger partial charge in [-0.1, -0.05) is 6.92 Å². The second-order valence-electron chi connectivity index (χ2n) is 3.33. The van der Waals surface area contributed by atoms with Crippen molar-refractivity contribution in [3.63, 3.8) is 0 Å². The summed E-state index contributed by atoms with van der Waals surface area (Å²) in [5.41, 5.74) is 0. The minimum Gasteiger partial charge on any atom is -0.379 e. The fourth-order valence-electron chi connectivity index (χ4n) is 1.02. The van der Waals surface area contributed by atoms with Gasteiger partial charge in [0.15, 0.2) is 0 Å². The van der Waals surface area contributed by atoms with Crippen LogP contribution in [0.25, 0.3) is 0 Å². The maximum absolute atomic E-state index is 5.43. The van der Waals surface area contributed by atoms with E-state index in [1.807, 2.05) is 0 Å². The number of nitrogens with one attached hydrogen (secondary N) is 1. The van der Waals surface area contributed by atoms with Gasteiger partial charge in [0.25, 0.3) is 0 Å². The first-order valence-electron chi connectivity index (χ1n) is 5.09. The van der Waals surface area contributed by atoms with Crippen LogP contribution >= 0.6 is 0 Å². The van der Waals surface area contributed by atoms with Gasteiger partial charge in [-0.25, -0.2) is 0 Å². The molecule has 0 atom stereocenters. The van der Waals surface area contributed by atoms with Crippen LogP contribution in [-0.4, -0.2) is 25.8 Å². The zero-order valence-corrected chi connectivity index (χ0v) is 8.73. The molecule has 0 heterocycles. The van der Waals surface area contributed by atoms with E-state index >= 15 is 0 Å². The molecule has 2 heteroatoms. The van der Waals surface area contributed by atoms with Crippen LogP contribution in [-0.2, 0) is 4.74 Å². The molecule has 0 saturated heterocycles. The largest absolute Gasteiger partial charge is 0.379 e. The molecule has 0 aliphatic rings. The van der Waals surface area contributed by atoms with Gasteiger partial charge in [0.1, 0.15) is 0 Å². The standard InChI is InChI=1S/C10H23NO/c1-4-11-8-6-5-7-9-12-10(2)3/h10-11H,4-9H2,1-3H3. The molecule has 0 spiro atoms. The molecule has 0 aliphatic carbocycles. The highest BCUT2D eigenvalue weighted by molar-refractivity contribution is 4.46. The lowest BCUT2D eigenvalue weighted by atomic mass is 10.2. The van der Waals surface area contributed by atoms with Gasteiger partial charge >= 0.3 is 0 Å². The third-order valence-corrected chi connectivity index (χ3v) is 1.70. The quantitative estimate of drug-likeness (QED) is 0.568. The van der Waals surface area contributed by atoms with Crippen molar-refractivity contribution in [2.24, 2.45) is 0 Å². The monoisotopic (exact) mass is 173 g/mol. The summed E-state index contributed by atoms with van der Waals surface area (Å²) in [5, 5.41) is 3.31. The number of ether oxygens (including phenoxy) is 1. The number of unbranched alkanes of at least 4 members (excludes halogenated alkanes) is 2. The second-order valence-corrected chi connectivity index (χ2v) is 3.33. The molecule has 74 valence electrons. The predicted octanol–water partition coefficient (Wildman–Crippen LogP) is 2.19. The Kier molecular flexibility index (Phi) is 8.95. The van der Waals surface area contributed by atoms with Gasteiger partial charge in [0.05, 0.1) is 6.10 Å². The molecule has 2 nitrogen and oxygen atoms in total. The lowest BCUT2D eigenvalue weighted by molar-refractivity contribution is 0.0758. The minimum absolute atomic E-state index is 0.388. The molecule has 0 amide bonds. The van der Waals surface area contributed by atoms with Gasteiger partial charge in [-0.3, -0.25) is 0 Å². The summed E-state index contributed by atoms with van der Waals surface area (Å²) in [4.78, 5) is 0. The van der Waals surface area contributed by atoms with Crippen molar-refractivity contribution in [2.45, 2.75) is 46.1 Å². The van der Waals surface area contributed by atoms with Crippen molar-refractivity contribution in [1.29, 1.82) is 0 Å². The van der Waals surface area contributed by atoms with E-state index in [-0.39, 0.29) is 0 Å². The molecule has 0 unspecified atom stereocenters. The molecule has 0 aromatic carbocycles. The maximum atomic E-state index is 5.43. The summed E-state index contributed by atoms with van der Waals surface area (Å²) >= 11 is 0. The van der Waals surface area contributed by atoms with Crippen molar-refractivity contribution in [3.8, 4) is 0 Å². The predicted molar refractivity (Wildman–Crippen MR) is 53.5 cm³/mol. The van der Waals surface area contributed by atoms with Gasteiger partial charge in [0.2, 0.25) is 0 Å². The van der Waals surface area contributed by atoms with Crippen LogP contribution < -0.4 is 5.32 Å². The van der Waals surface area contributed by atoms with Crippen LogP contribution in [0.5, 0.6) is 0 Å². The molecule has 0 rings (SSSR count). The minimum atomic E-state index is 0.388. The molecule has 0 bridgehead atoms. The summed E-state index contributed by atoms with van der Waals surface area (Å²) in [6, 6.07) is 0. The van der Waals surface area contributed by atoms with E-state index in [9.17, 15) is 0 Å². The average molecular weight is 173 g/mol. The van der Waals surface area contributed by atoms with E-state index in [0.29, 0.717) is 6.10 Å². The third kappa shape index (κ3) is 9.92. The normalized spacial score (nSPS) is 11.0. The van der Waals surface area contributed by atoms with Gasteiger partial charge in [0, 0.05) is 6.61 Å². The Morgan fingerprint density at radius 1 is 1.17 bits per heavy atom. The molecule has 0 radical (unpaired) electrons. The Balaban J connectivity index is 2.82. The summed E-state index contributed by atoms with van der Waals surface area (Å²) in [6.07, 6.45) is 4.14. The van der Waals surface area contributed by atoms with Crippen LogP contribution in [0, 0.1) is 0 Å². The van der Waals surface area contributed by atoms with Gasteiger partial charge in [-0.15, -0.1) is 0 Å². The van der Waals surface area contributed by atoms with E-state index in [0.717, 1.165) is 19.7 Å². The van der Waals surface area contributed by atoms with Crippen molar-refractivity contribution in [3.05, 3.63) is 0 Å². The summed E-state index contributed by atoms with van der Waals surface area (Å²) in [6.45, 7) is 9.46. The molecule has 0 aliphatic heterocycles. The summed E-state index contributed by atoms with van der Waals surface area (Å²) in [5.74, 6) is 0. The second kappa shape index (κ2) is 9.01. The topological polar surface area (TPSA) is 21.3 Å². The first-order valence-corrected chi connectivity index (χ1v) is 5.09. The lowest BCUT2D eigenvalue weighted by Gasteiger charge is -2.06. The Labute approximate surface area is 76.7 Å². The van der Waals surface area contributed by atoms with E-state index in [2.05, 4.69) is 26.1 Å². The Morgan fingerprint density at radius 2 is 1.92 bits per heavy atom. The molecule has 0 fully saturated rings. The van der Waals surface area contributed by atoms with Crippen LogP contribution in [0.2, 0.25) is 0 Å². The average Bonchev–Trinajstić information content (AvgIpc) is 2.02. The fraction of sp³-hybridized carbons (Fsp3) is 1.00. The van der Waals surface area contributed by atoms with Gasteiger partial charge in [-0.2, -0.15) is 0 Å². The van der Waals surface area contributed by atoms with E-state index < -0.39 is 0 Å². The lowest BCUT2D eigenvalue weighted by Crippen LogP contribution is -2.14. The van der Waals surface area contributed by atoms with Crippen molar-refractivity contribution in [2.75, 3.05) is 19.7 Å². The molecule has 0 aromatic heterocycles. The number of rotatable bonds is 8. The van der Waals surface area contributed by atoms with E-state index in [4.69, 9.17) is 4.74 Å². The Hall–Kier alpha value is -0.0800. The Morgan fingerprint density at radius 3 is 2.50 bits per heavy atom. The van der Waals surface area contributed by atoms with Crippen molar-refractivity contribution in [1.82, 2.24) is 5.32 Å². The molecule has 0 aromatic rings. The van der Waals surface area contributed by atoms with Crippen molar-refractivity contribution < 1.29 is 4.74 Å². The van der Waals surface area contributed by atoms with Gasteiger partial charge in [-0.05, 0) is 46.2 Å². The summed E-state index contributed by atoms with van der Waals surface area (Å²) in [7, 11) is 0. The number of hydrogen-bond acceptors (Lipinski definition) is 2. The summed E-state index contributed by atoms with van der Waals surface area (Å²) < 4.78 is 5.43. The van der Waals surface area contributed by atoms with Crippen LogP contribution in [0.3, 0.4) is 0 Å². The van der Waals surface area contributed by atoms with E-state index in [1.54, 1.807) is 0 Å². The molecule has 0 saturated carbocycles. The maximum Gasteiger partial charge on any atom is 0.0518 e. The SMILES string of the molecule is CCNCCCCCOC(C)C. The van der Waals surface area contributed by atoms with Crippen LogP contribution in [0.1, 0.15) is 40.0 Å². The third-order valence-electron chi connectivity index (χ3n) is 1.70. The molecule has 12 heavy (non-hydrogen) atoms.